The summed E-state index contributed by atoms with van der Waals surface area (Å²) in [5, 5.41) is 9.73. The van der Waals surface area contributed by atoms with Gasteiger partial charge in [-0.3, -0.25) is 9.59 Å². The summed E-state index contributed by atoms with van der Waals surface area (Å²) >= 11 is 0. The second kappa shape index (κ2) is 83.7. The topological polar surface area (TPSA) is 72.8 Å². The van der Waals surface area contributed by atoms with E-state index in [9.17, 15) is 14.7 Å². The van der Waals surface area contributed by atoms with Crippen LogP contribution in [0, 0.1) is 0 Å². The number of ether oxygens (including phenoxy) is 2. The van der Waals surface area contributed by atoms with Gasteiger partial charge in [0, 0.05) is 12.8 Å². The van der Waals surface area contributed by atoms with Crippen LogP contribution in [0.4, 0.5) is 0 Å². The van der Waals surface area contributed by atoms with Crippen LogP contribution in [0.1, 0.15) is 335 Å². The van der Waals surface area contributed by atoms with E-state index in [1.807, 2.05) is 0 Å². The number of rotatable bonds is 71. The molecule has 0 amide bonds. The number of carbonyl (C=O) groups is 2. The molecule has 0 aliphatic heterocycles. The molecule has 0 spiro atoms. The summed E-state index contributed by atoms with van der Waals surface area (Å²) < 4.78 is 10.8. The van der Waals surface area contributed by atoms with Gasteiger partial charge in [0.25, 0.3) is 0 Å². The number of hydrogen-bond acceptors (Lipinski definition) is 5. The lowest BCUT2D eigenvalue weighted by Gasteiger charge is -2.15. The lowest BCUT2D eigenvalue weighted by atomic mass is 10.0. The average Bonchev–Trinajstić information content (AvgIpc) is 3.79. The van der Waals surface area contributed by atoms with Gasteiger partial charge in [-0.1, -0.05) is 381 Å². The molecule has 1 atom stereocenters. The number of allylic oxidation sites excluding steroid dienone is 34. The summed E-state index contributed by atoms with van der Waals surface area (Å²) in [6.45, 7) is 3.92. The highest BCUT2D eigenvalue weighted by molar-refractivity contribution is 5.70. The average molecular weight is 1320 g/mol. The Bertz CT molecular complexity index is 2190. The fourth-order valence-electron chi connectivity index (χ4n) is 10.7. The van der Waals surface area contributed by atoms with E-state index in [0.29, 0.717) is 12.8 Å². The molecule has 0 saturated heterocycles. The van der Waals surface area contributed by atoms with E-state index in [4.69, 9.17) is 9.47 Å². The maximum absolute atomic E-state index is 12.4. The second-order valence-corrected chi connectivity index (χ2v) is 25.7. The Morgan fingerprint density at radius 1 is 0.240 bits per heavy atom. The van der Waals surface area contributed by atoms with E-state index in [-0.39, 0.29) is 25.2 Å². The van der Waals surface area contributed by atoms with Gasteiger partial charge in [-0.15, -0.1) is 0 Å². The molecule has 0 aromatic heterocycles. The van der Waals surface area contributed by atoms with Crippen molar-refractivity contribution in [3.05, 3.63) is 207 Å². The van der Waals surface area contributed by atoms with E-state index in [1.165, 1.54) is 154 Å². The van der Waals surface area contributed by atoms with Gasteiger partial charge in [0.1, 0.15) is 6.61 Å². The Kier molecular flexibility index (Phi) is 78.9. The third-order valence-electron chi connectivity index (χ3n) is 16.6. The molecule has 5 heteroatoms. The molecule has 0 heterocycles. The van der Waals surface area contributed by atoms with Gasteiger partial charge in [-0.2, -0.15) is 0 Å². The van der Waals surface area contributed by atoms with Crippen LogP contribution in [0.2, 0.25) is 0 Å². The number of carbonyl (C=O) groups excluding carboxylic acids is 2. The first kappa shape index (κ1) is 90.5. The van der Waals surface area contributed by atoms with Crippen LogP contribution in [-0.4, -0.2) is 36.4 Å². The molecular formula is C91H146O5. The zero-order chi connectivity index (χ0) is 69.0. The molecule has 0 aliphatic carbocycles. The molecular weight excluding hydrogens is 1170 g/mol. The molecule has 1 N–H and O–H groups in total. The maximum Gasteiger partial charge on any atom is 0.306 e. The first-order valence-corrected chi connectivity index (χ1v) is 39.6. The summed E-state index contributed by atoms with van der Waals surface area (Å²) in [4.78, 5) is 24.7. The fourth-order valence-corrected chi connectivity index (χ4v) is 10.7. The van der Waals surface area contributed by atoms with Crippen molar-refractivity contribution in [2.45, 2.75) is 341 Å². The molecule has 540 valence electrons. The van der Waals surface area contributed by atoms with E-state index in [1.54, 1.807) is 0 Å². The van der Waals surface area contributed by atoms with Gasteiger partial charge >= 0.3 is 11.9 Å². The second-order valence-electron chi connectivity index (χ2n) is 25.7. The molecule has 1 unspecified atom stereocenters. The molecule has 0 fully saturated rings. The molecule has 0 aromatic rings. The van der Waals surface area contributed by atoms with Crippen LogP contribution in [0.5, 0.6) is 0 Å². The minimum Gasteiger partial charge on any atom is -0.462 e. The lowest BCUT2D eigenvalue weighted by molar-refractivity contribution is -0.161. The Labute approximate surface area is 593 Å². The van der Waals surface area contributed by atoms with Crippen LogP contribution in [0.3, 0.4) is 0 Å². The highest BCUT2D eigenvalue weighted by Gasteiger charge is 2.16. The molecule has 0 rings (SSSR count). The third-order valence-corrected chi connectivity index (χ3v) is 16.6. The summed E-state index contributed by atoms with van der Waals surface area (Å²) in [5.41, 5.74) is 0. The van der Waals surface area contributed by atoms with Crippen molar-refractivity contribution in [1.82, 2.24) is 0 Å². The van der Waals surface area contributed by atoms with Crippen LogP contribution >= 0.6 is 0 Å². The van der Waals surface area contributed by atoms with E-state index in [0.717, 1.165) is 154 Å². The third kappa shape index (κ3) is 80.9. The van der Waals surface area contributed by atoms with Crippen LogP contribution in [0.25, 0.3) is 0 Å². The molecule has 5 nitrogen and oxygen atoms in total. The molecule has 0 aromatic carbocycles. The fraction of sp³-hybridized carbons (Fsp3) is 0.604. The van der Waals surface area contributed by atoms with Gasteiger partial charge in [0.2, 0.25) is 0 Å². The lowest BCUT2D eigenvalue weighted by Crippen LogP contribution is -2.28. The van der Waals surface area contributed by atoms with Crippen LogP contribution < -0.4 is 0 Å². The van der Waals surface area contributed by atoms with Gasteiger partial charge in [0.15, 0.2) is 6.10 Å². The van der Waals surface area contributed by atoms with Crippen molar-refractivity contribution in [2.75, 3.05) is 13.2 Å². The van der Waals surface area contributed by atoms with Crippen molar-refractivity contribution >= 4 is 11.9 Å². The monoisotopic (exact) mass is 1320 g/mol. The summed E-state index contributed by atoms with van der Waals surface area (Å²) in [6, 6.07) is 0. The Morgan fingerprint density at radius 2 is 0.417 bits per heavy atom. The molecule has 0 radical (unpaired) electrons. The largest absolute Gasteiger partial charge is 0.462 e. The number of unbranched alkanes of at least 4 members (excludes halogenated alkanes) is 29. The van der Waals surface area contributed by atoms with Crippen molar-refractivity contribution in [1.29, 1.82) is 0 Å². The standard InChI is InChI=1S/C91H146O5/c1-3-5-7-9-11-13-15-17-19-21-23-25-27-29-31-33-35-37-39-41-43-45-47-49-51-53-55-57-59-61-63-65-67-69-71-73-75-77-79-81-83-85-90(93)95-88-89(87-92)96-91(94)86-84-82-80-78-76-74-72-70-68-66-64-62-60-58-56-54-52-50-48-46-44-42-40-38-36-34-32-30-28-26-24-22-20-18-16-14-12-10-8-6-4-2/h5-8,11-14,17-20,23-26,29-32,35-38,42,44,48,50,54,56,60,62,66,68,89,92H,3-4,9-10,15-16,21-22,27-28,33-34,39-41,43,45-47,49,51-53,55,57-59,61,63-65,67,69-88H2,1-2H3/b7-5-,8-6-,13-11-,14-12-,19-17-,20-18-,25-23-,26-24-,31-29-,32-30-,37-35-,38-36-,44-42-,50-48-,56-54-,62-60-,68-66-. The molecule has 0 aliphatic rings. The predicted octanol–water partition coefficient (Wildman–Crippen LogP) is 28.4. The van der Waals surface area contributed by atoms with E-state index >= 15 is 0 Å². The highest BCUT2D eigenvalue weighted by atomic mass is 16.6. The maximum atomic E-state index is 12.4. The summed E-state index contributed by atoms with van der Waals surface area (Å²) in [7, 11) is 0. The quantitative estimate of drug-likeness (QED) is 0.0373. The highest BCUT2D eigenvalue weighted by Crippen LogP contribution is 2.17. The summed E-state index contributed by atoms with van der Waals surface area (Å²) in [5.74, 6) is -0.604. The van der Waals surface area contributed by atoms with Gasteiger partial charge < -0.3 is 14.6 Å². The first-order chi connectivity index (χ1) is 47.6. The first-order valence-electron chi connectivity index (χ1n) is 39.6. The number of hydrogen-bond donors (Lipinski definition) is 1. The number of aliphatic hydroxyl groups is 1. The SMILES string of the molecule is CC/C=C\C/C=C\C/C=C\C/C=C\C/C=C\C/C=C\C/C=C\C/C=C\C/C=C\C/C=C\C/C=C\CCCCCCCCCC(=O)OC(CO)COC(=O)CCCCCCCCCCCCCCCCCCCCCCCC/C=C\C/C=C\C/C=C\C/C=C\C/C=C\C/C=C\CC. The van der Waals surface area contributed by atoms with Crippen molar-refractivity contribution in [3.63, 3.8) is 0 Å². The minimum atomic E-state index is -0.792. The number of esters is 2. The zero-order valence-corrected chi connectivity index (χ0v) is 62.1. The molecule has 0 bridgehead atoms. The molecule has 0 saturated carbocycles. The minimum absolute atomic E-state index is 0.0782. The van der Waals surface area contributed by atoms with Gasteiger partial charge in [-0.05, 0) is 148 Å². The smallest absolute Gasteiger partial charge is 0.306 e. The Hall–Kier alpha value is -5.52. The summed E-state index contributed by atoms with van der Waals surface area (Å²) in [6.07, 6.45) is 133. The predicted molar refractivity (Wildman–Crippen MR) is 426 cm³/mol. The Balaban J connectivity index is 3.54. The van der Waals surface area contributed by atoms with Gasteiger partial charge in [0.05, 0.1) is 6.61 Å². The normalized spacial score (nSPS) is 13.4. The van der Waals surface area contributed by atoms with Crippen LogP contribution in [-0.2, 0) is 19.1 Å². The van der Waals surface area contributed by atoms with Gasteiger partial charge in [-0.25, -0.2) is 0 Å². The Morgan fingerprint density at radius 3 is 0.625 bits per heavy atom. The van der Waals surface area contributed by atoms with E-state index in [2.05, 4.69) is 220 Å². The van der Waals surface area contributed by atoms with Crippen molar-refractivity contribution in [3.8, 4) is 0 Å². The van der Waals surface area contributed by atoms with E-state index < -0.39 is 6.10 Å². The zero-order valence-electron chi connectivity index (χ0n) is 62.1. The molecule has 96 heavy (non-hydrogen) atoms. The van der Waals surface area contributed by atoms with Crippen LogP contribution in [0.15, 0.2) is 207 Å². The van der Waals surface area contributed by atoms with Crippen molar-refractivity contribution in [2.24, 2.45) is 0 Å². The van der Waals surface area contributed by atoms with Crippen molar-refractivity contribution < 1.29 is 24.2 Å². The number of aliphatic hydroxyl groups excluding tert-OH is 1.